The molecule has 9 heteroatoms. The van der Waals surface area contributed by atoms with E-state index in [9.17, 15) is 9.90 Å². The maximum absolute atomic E-state index is 13.1. The number of thiocarbonyl (C=S) groups is 1. The van der Waals surface area contributed by atoms with E-state index >= 15 is 0 Å². The lowest BCUT2D eigenvalue weighted by Gasteiger charge is -2.15. The third kappa shape index (κ3) is 5.87. The number of aryl methyl sites for hydroxylation is 1. The minimum atomic E-state index is -0.457. The Morgan fingerprint density at radius 2 is 1.91 bits per heavy atom. The number of hydrogen-bond acceptors (Lipinski definition) is 6. The minimum Gasteiger partial charge on any atom is -0.506 e. The Balaban J connectivity index is 0.00000385. The number of fused-ring (bicyclic) bond motifs is 1. The minimum absolute atomic E-state index is 0. The van der Waals surface area contributed by atoms with Crippen LogP contribution in [0.3, 0.4) is 0 Å². The van der Waals surface area contributed by atoms with Crippen molar-refractivity contribution in [2.75, 3.05) is 27.3 Å². The zero-order chi connectivity index (χ0) is 23.4. The summed E-state index contributed by atoms with van der Waals surface area (Å²) in [6.45, 7) is 2.83. The van der Waals surface area contributed by atoms with Crippen molar-refractivity contribution in [2.24, 2.45) is 7.05 Å². The maximum atomic E-state index is 13.1. The standard InChI is InChI=1S/C24H27BrN2O4S.ClH/c1-5-30-24(29)21-20-16(14-26(2)3)23(28)17(25)13-18(20)27(4)22(21)19(32)11-12-31-15-9-7-6-8-10-15;/h6-10,13,28H,5,11-12,14H2,1-4H3;1H. The second-order valence-electron chi connectivity index (χ2n) is 7.66. The van der Waals surface area contributed by atoms with E-state index in [0.717, 1.165) is 11.3 Å². The summed E-state index contributed by atoms with van der Waals surface area (Å²) in [7, 11) is 5.69. The number of rotatable bonds is 9. The number of hydrogen-bond donors (Lipinski definition) is 1. The van der Waals surface area contributed by atoms with E-state index in [1.54, 1.807) is 13.0 Å². The summed E-state index contributed by atoms with van der Waals surface area (Å²) in [5, 5.41) is 11.5. The van der Waals surface area contributed by atoms with Crippen molar-refractivity contribution in [1.29, 1.82) is 0 Å². The zero-order valence-electron chi connectivity index (χ0n) is 19.1. The van der Waals surface area contributed by atoms with Gasteiger partial charge in [-0.1, -0.05) is 30.4 Å². The van der Waals surface area contributed by atoms with Crippen molar-refractivity contribution in [3.8, 4) is 11.5 Å². The van der Waals surface area contributed by atoms with Crippen LogP contribution in [-0.2, 0) is 18.3 Å². The number of aromatic hydroxyl groups is 1. The molecule has 2 aromatic carbocycles. The summed E-state index contributed by atoms with van der Waals surface area (Å²) < 4.78 is 13.7. The van der Waals surface area contributed by atoms with Crippen molar-refractivity contribution in [2.45, 2.75) is 19.9 Å². The monoisotopic (exact) mass is 554 g/mol. The van der Waals surface area contributed by atoms with Gasteiger partial charge in [0.1, 0.15) is 11.5 Å². The Bertz CT molecular complexity index is 1150. The molecule has 0 aliphatic rings. The third-order valence-electron chi connectivity index (χ3n) is 5.08. The van der Waals surface area contributed by atoms with Crippen LogP contribution in [0.15, 0.2) is 40.9 Å². The van der Waals surface area contributed by atoms with Gasteiger partial charge in [0.25, 0.3) is 0 Å². The van der Waals surface area contributed by atoms with Crippen LogP contribution in [0, 0.1) is 0 Å². The van der Waals surface area contributed by atoms with Gasteiger partial charge in [-0.05, 0) is 55.1 Å². The number of esters is 1. The van der Waals surface area contributed by atoms with Crippen molar-refractivity contribution in [3.05, 3.63) is 57.7 Å². The van der Waals surface area contributed by atoms with Crippen LogP contribution in [0.25, 0.3) is 10.9 Å². The first-order valence-corrected chi connectivity index (χ1v) is 11.5. The fourth-order valence-electron chi connectivity index (χ4n) is 3.72. The largest absolute Gasteiger partial charge is 0.506 e. The molecule has 1 N–H and O–H groups in total. The Labute approximate surface area is 214 Å². The van der Waals surface area contributed by atoms with E-state index in [1.807, 2.05) is 60.9 Å². The predicted molar refractivity (Wildman–Crippen MR) is 141 cm³/mol. The van der Waals surface area contributed by atoms with Crippen LogP contribution >= 0.6 is 40.6 Å². The first-order valence-electron chi connectivity index (χ1n) is 10.3. The number of halogens is 2. The lowest BCUT2D eigenvalue weighted by atomic mass is 10.0. The first-order chi connectivity index (χ1) is 15.3. The smallest absolute Gasteiger partial charge is 0.341 e. The molecule has 0 spiro atoms. The molecule has 0 radical (unpaired) electrons. The highest BCUT2D eigenvalue weighted by molar-refractivity contribution is 9.10. The molecule has 0 atom stereocenters. The lowest BCUT2D eigenvalue weighted by Crippen LogP contribution is -2.16. The van der Waals surface area contributed by atoms with Gasteiger partial charge in [0.05, 0.1) is 34.5 Å². The van der Waals surface area contributed by atoms with Crippen molar-refractivity contribution >= 4 is 62.3 Å². The molecule has 1 aromatic heterocycles. The molecule has 0 fully saturated rings. The highest BCUT2D eigenvalue weighted by Gasteiger charge is 2.29. The Kier molecular flexibility index (Phi) is 9.72. The van der Waals surface area contributed by atoms with Gasteiger partial charge in [-0.3, -0.25) is 0 Å². The van der Waals surface area contributed by atoms with Crippen LogP contribution < -0.4 is 4.74 Å². The number of phenolic OH excluding ortho intramolecular Hbond substituents is 1. The third-order valence-corrected chi connectivity index (χ3v) is 6.08. The van der Waals surface area contributed by atoms with Crippen LogP contribution in [0.5, 0.6) is 11.5 Å². The van der Waals surface area contributed by atoms with E-state index in [2.05, 4.69) is 15.9 Å². The van der Waals surface area contributed by atoms with Crippen molar-refractivity contribution < 1.29 is 19.4 Å². The van der Waals surface area contributed by atoms with E-state index in [-0.39, 0.29) is 24.8 Å². The summed E-state index contributed by atoms with van der Waals surface area (Å²) in [5.74, 6) is 0.411. The van der Waals surface area contributed by atoms with Crippen molar-refractivity contribution in [1.82, 2.24) is 9.47 Å². The number of para-hydroxylation sites is 1. The van der Waals surface area contributed by atoms with Gasteiger partial charge in [0.15, 0.2) is 0 Å². The van der Waals surface area contributed by atoms with Gasteiger partial charge in [-0.25, -0.2) is 4.79 Å². The second-order valence-corrected chi connectivity index (χ2v) is 9.00. The van der Waals surface area contributed by atoms with E-state index in [4.69, 9.17) is 21.7 Å². The number of carbonyl (C=O) groups excluding carboxylic acids is 1. The van der Waals surface area contributed by atoms with Gasteiger partial charge in [-0.2, -0.15) is 0 Å². The summed E-state index contributed by atoms with van der Waals surface area (Å²) in [5.41, 5.74) is 2.43. The number of benzene rings is 2. The molecule has 178 valence electrons. The van der Waals surface area contributed by atoms with E-state index in [1.165, 1.54) is 0 Å². The normalized spacial score (nSPS) is 10.8. The number of aromatic nitrogens is 1. The lowest BCUT2D eigenvalue weighted by molar-refractivity contribution is 0.0528. The molecule has 3 rings (SSSR count). The molecule has 0 aliphatic carbocycles. The second kappa shape index (κ2) is 11.8. The number of phenols is 1. The molecule has 0 aliphatic heterocycles. The Hall–Kier alpha value is -2.13. The van der Waals surface area contributed by atoms with Gasteiger partial charge >= 0.3 is 5.97 Å². The molecule has 3 aromatic rings. The van der Waals surface area contributed by atoms with E-state index < -0.39 is 5.97 Å². The highest BCUT2D eigenvalue weighted by Crippen LogP contribution is 2.40. The molecular formula is C24H28BrClN2O4S. The molecule has 0 saturated heterocycles. The van der Waals surface area contributed by atoms with Crippen LogP contribution in [-0.4, -0.2) is 52.7 Å². The Morgan fingerprint density at radius 3 is 2.52 bits per heavy atom. The number of carbonyl (C=O) groups is 1. The fraction of sp³-hybridized carbons (Fsp3) is 0.333. The quantitative estimate of drug-likeness (QED) is 0.214. The average molecular weight is 556 g/mol. The van der Waals surface area contributed by atoms with Crippen LogP contribution in [0.4, 0.5) is 0 Å². The van der Waals surface area contributed by atoms with E-state index in [0.29, 0.717) is 51.1 Å². The molecule has 6 nitrogen and oxygen atoms in total. The summed E-state index contributed by atoms with van der Waals surface area (Å²) in [6, 6.07) is 11.3. The summed E-state index contributed by atoms with van der Waals surface area (Å²) in [4.78, 5) is 15.6. The highest BCUT2D eigenvalue weighted by atomic mass is 79.9. The molecule has 0 saturated carbocycles. The number of ether oxygens (including phenoxy) is 2. The zero-order valence-corrected chi connectivity index (χ0v) is 22.3. The first kappa shape index (κ1) is 27.1. The fourth-order valence-corrected chi connectivity index (χ4v) is 4.50. The SMILES string of the molecule is CCOC(=O)c1c(C(=S)CCOc2ccccc2)n(C)c2cc(Br)c(O)c(CN(C)C)c12.Cl. The molecule has 1 heterocycles. The van der Waals surface area contributed by atoms with Gasteiger partial charge < -0.3 is 24.0 Å². The van der Waals surface area contributed by atoms with Crippen LogP contribution in [0.1, 0.15) is 35.0 Å². The molecule has 0 unspecified atom stereocenters. The molecule has 0 bridgehead atoms. The van der Waals surface area contributed by atoms with Crippen molar-refractivity contribution in [3.63, 3.8) is 0 Å². The van der Waals surface area contributed by atoms with Gasteiger partial charge in [0, 0.05) is 35.8 Å². The van der Waals surface area contributed by atoms with Gasteiger partial charge in [-0.15, -0.1) is 12.4 Å². The molecule has 33 heavy (non-hydrogen) atoms. The molecular weight excluding hydrogens is 528 g/mol. The maximum Gasteiger partial charge on any atom is 0.341 e. The summed E-state index contributed by atoms with van der Waals surface area (Å²) >= 11 is 9.21. The average Bonchev–Trinajstić information content (AvgIpc) is 3.04. The molecule has 0 amide bonds. The van der Waals surface area contributed by atoms with Gasteiger partial charge in [0.2, 0.25) is 0 Å². The Morgan fingerprint density at radius 1 is 1.24 bits per heavy atom. The topological polar surface area (TPSA) is 63.9 Å². The van der Waals surface area contributed by atoms with Crippen LogP contribution in [0.2, 0.25) is 0 Å². The number of nitrogens with zero attached hydrogens (tertiary/aromatic N) is 2. The predicted octanol–water partition coefficient (Wildman–Crippen LogP) is 5.49. The summed E-state index contributed by atoms with van der Waals surface area (Å²) in [6.07, 6.45) is 0.455.